The van der Waals surface area contributed by atoms with Crippen LogP contribution in [-0.2, 0) is 4.79 Å². The van der Waals surface area contributed by atoms with Crippen LogP contribution in [0.3, 0.4) is 0 Å². The quantitative estimate of drug-likeness (QED) is 0.449. The molecule has 0 radical (unpaired) electrons. The van der Waals surface area contributed by atoms with Crippen molar-refractivity contribution in [3.8, 4) is 5.75 Å². The standard InChI is InChI=1S/C18H15Cl2N3O2S2/c19-13-4-1-2-5-15(13)25-9-3-6-17(24)22-12-7-8-16(14(20)10-12)27-18-23-21-11-26-18/h1-2,4-5,7-8,10-11H,3,6,9H2,(H,22,24). The maximum absolute atomic E-state index is 12.1. The summed E-state index contributed by atoms with van der Waals surface area (Å²) in [7, 11) is 0. The van der Waals surface area contributed by atoms with Gasteiger partial charge in [-0.2, -0.15) is 0 Å². The molecule has 0 fully saturated rings. The fourth-order valence-corrected chi connectivity index (χ4v) is 4.09. The predicted molar refractivity (Wildman–Crippen MR) is 110 cm³/mol. The van der Waals surface area contributed by atoms with Crippen LogP contribution in [0.15, 0.2) is 57.2 Å². The maximum Gasteiger partial charge on any atom is 0.224 e. The zero-order chi connectivity index (χ0) is 19.1. The number of carbonyl (C=O) groups excluding carboxylic acids is 1. The first-order valence-corrected chi connectivity index (χ1v) is 10.5. The van der Waals surface area contributed by atoms with Gasteiger partial charge in [0.25, 0.3) is 0 Å². The molecule has 5 nitrogen and oxygen atoms in total. The van der Waals surface area contributed by atoms with Crippen LogP contribution in [0, 0.1) is 0 Å². The summed E-state index contributed by atoms with van der Waals surface area (Å²) < 4.78 is 6.39. The molecule has 1 aromatic heterocycles. The molecule has 140 valence electrons. The Hall–Kier alpha value is -1.80. The lowest BCUT2D eigenvalue weighted by atomic mass is 10.2. The van der Waals surface area contributed by atoms with Crippen LogP contribution in [-0.4, -0.2) is 22.7 Å². The number of amides is 1. The zero-order valence-corrected chi connectivity index (χ0v) is 17.2. The molecular weight excluding hydrogens is 425 g/mol. The van der Waals surface area contributed by atoms with Crippen molar-refractivity contribution < 1.29 is 9.53 Å². The number of aromatic nitrogens is 2. The minimum atomic E-state index is -0.0987. The molecule has 0 atom stereocenters. The largest absolute Gasteiger partial charge is 0.492 e. The van der Waals surface area contributed by atoms with E-state index in [1.165, 1.54) is 23.1 Å². The number of rotatable bonds is 8. The topological polar surface area (TPSA) is 64.1 Å². The molecule has 27 heavy (non-hydrogen) atoms. The molecule has 3 rings (SSSR count). The van der Waals surface area contributed by atoms with Gasteiger partial charge >= 0.3 is 0 Å². The minimum absolute atomic E-state index is 0.0987. The van der Waals surface area contributed by atoms with E-state index in [0.717, 1.165) is 9.24 Å². The van der Waals surface area contributed by atoms with E-state index >= 15 is 0 Å². The van der Waals surface area contributed by atoms with Crippen LogP contribution >= 0.6 is 46.3 Å². The van der Waals surface area contributed by atoms with Gasteiger partial charge in [-0.05, 0) is 36.8 Å². The molecular formula is C18H15Cl2N3O2S2. The number of benzene rings is 2. The van der Waals surface area contributed by atoms with Gasteiger partial charge in [-0.15, -0.1) is 10.2 Å². The van der Waals surface area contributed by atoms with Gasteiger partial charge in [0.1, 0.15) is 11.3 Å². The predicted octanol–water partition coefficient (Wildman–Crippen LogP) is 5.79. The van der Waals surface area contributed by atoms with Gasteiger partial charge in [0, 0.05) is 17.0 Å². The van der Waals surface area contributed by atoms with Crippen LogP contribution in [0.25, 0.3) is 0 Å². The molecule has 0 unspecified atom stereocenters. The lowest BCUT2D eigenvalue weighted by Gasteiger charge is -2.09. The van der Waals surface area contributed by atoms with Crippen molar-refractivity contribution in [3.63, 3.8) is 0 Å². The Kier molecular flexibility index (Phi) is 7.34. The summed E-state index contributed by atoms with van der Waals surface area (Å²) in [5.41, 5.74) is 2.32. The van der Waals surface area contributed by atoms with Crippen molar-refractivity contribution in [2.24, 2.45) is 0 Å². The average Bonchev–Trinajstić information content (AvgIpc) is 3.15. The van der Waals surface area contributed by atoms with Gasteiger partial charge in [0.2, 0.25) is 5.91 Å². The Balaban J connectivity index is 1.45. The first kappa shape index (κ1) is 19.9. The highest BCUT2D eigenvalue weighted by atomic mass is 35.5. The lowest BCUT2D eigenvalue weighted by molar-refractivity contribution is -0.116. The number of carbonyl (C=O) groups is 1. The highest BCUT2D eigenvalue weighted by Crippen LogP contribution is 2.35. The second-order valence-corrected chi connectivity index (χ2v) is 8.32. The van der Waals surface area contributed by atoms with Crippen molar-refractivity contribution in [1.29, 1.82) is 0 Å². The smallest absolute Gasteiger partial charge is 0.224 e. The molecule has 0 aliphatic rings. The van der Waals surface area contributed by atoms with Gasteiger partial charge in [-0.3, -0.25) is 4.79 Å². The van der Waals surface area contributed by atoms with Crippen molar-refractivity contribution >= 4 is 57.9 Å². The fourth-order valence-electron chi connectivity index (χ4n) is 2.16. The van der Waals surface area contributed by atoms with Gasteiger partial charge in [-0.25, -0.2) is 0 Å². The molecule has 1 N–H and O–H groups in total. The first-order valence-electron chi connectivity index (χ1n) is 8.02. The van der Waals surface area contributed by atoms with Crippen LogP contribution < -0.4 is 10.1 Å². The first-order chi connectivity index (χ1) is 13.1. The van der Waals surface area contributed by atoms with Crippen molar-refractivity contribution in [3.05, 3.63) is 58.0 Å². The molecule has 1 heterocycles. The summed E-state index contributed by atoms with van der Waals surface area (Å²) in [5, 5.41) is 11.7. The molecule has 0 aliphatic carbocycles. The summed E-state index contributed by atoms with van der Waals surface area (Å²) in [6, 6.07) is 12.6. The molecule has 0 saturated carbocycles. The van der Waals surface area contributed by atoms with Crippen LogP contribution in [0.4, 0.5) is 5.69 Å². The Bertz CT molecular complexity index is 907. The van der Waals surface area contributed by atoms with Crippen LogP contribution in [0.1, 0.15) is 12.8 Å². The highest BCUT2D eigenvalue weighted by molar-refractivity contribution is 8.01. The monoisotopic (exact) mass is 439 g/mol. The minimum Gasteiger partial charge on any atom is -0.492 e. The van der Waals surface area contributed by atoms with E-state index in [1.807, 2.05) is 24.3 Å². The van der Waals surface area contributed by atoms with Gasteiger partial charge in [-0.1, -0.05) is 58.4 Å². The summed E-state index contributed by atoms with van der Waals surface area (Å²) in [4.78, 5) is 12.9. The third kappa shape index (κ3) is 6.10. The van der Waals surface area contributed by atoms with E-state index in [0.29, 0.717) is 40.9 Å². The van der Waals surface area contributed by atoms with E-state index in [2.05, 4.69) is 15.5 Å². The van der Waals surface area contributed by atoms with Gasteiger partial charge in [0.15, 0.2) is 4.34 Å². The molecule has 0 aliphatic heterocycles. The second kappa shape index (κ2) is 9.94. The normalized spacial score (nSPS) is 10.6. The fraction of sp³-hybridized carbons (Fsp3) is 0.167. The van der Waals surface area contributed by atoms with E-state index in [-0.39, 0.29) is 5.91 Å². The third-order valence-corrected chi connectivity index (χ3v) is 5.99. The van der Waals surface area contributed by atoms with Crippen molar-refractivity contribution in [2.75, 3.05) is 11.9 Å². The summed E-state index contributed by atoms with van der Waals surface area (Å²) in [5.74, 6) is 0.522. The lowest BCUT2D eigenvalue weighted by Crippen LogP contribution is -2.12. The van der Waals surface area contributed by atoms with Gasteiger partial charge < -0.3 is 10.1 Å². The highest BCUT2D eigenvalue weighted by Gasteiger charge is 2.09. The van der Waals surface area contributed by atoms with E-state index in [4.69, 9.17) is 27.9 Å². The maximum atomic E-state index is 12.1. The van der Waals surface area contributed by atoms with E-state index < -0.39 is 0 Å². The molecule has 0 bridgehead atoms. The SMILES string of the molecule is O=C(CCCOc1ccccc1Cl)Nc1ccc(Sc2nncs2)c(Cl)c1. The average molecular weight is 440 g/mol. The number of nitrogens with zero attached hydrogens (tertiary/aromatic N) is 2. The Morgan fingerprint density at radius 2 is 2.04 bits per heavy atom. The number of hydrogen-bond acceptors (Lipinski definition) is 6. The summed E-state index contributed by atoms with van der Waals surface area (Å²) in [6.07, 6.45) is 0.916. The van der Waals surface area contributed by atoms with Crippen molar-refractivity contribution in [2.45, 2.75) is 22.1 Å². The second-order valence-electron chi connectivity index (χ2n) is 5.38. The number of hydrogen-bond donors (Lipinski definition) is 1. The third-order valence-electron chi connectivity index (χ3n) is 3.40. The molecule has 0 saturated heterocycles. The number of para-hydroxylation sites is 1. The summed E-state index contributed by atoms with van der Waals surface area (Å²) in [6.45, 7) is 0.412. The molecule has 3 aromatic rings. The molecule has 1 amide bonds. The molecule has 0 spiro atoms. The Morgan fingerprint density at radius 3 is 2.78 bits per heavy atom. The van der Waals surface area contributed by atoms with E-state index in [9.17, 15) is 4.79 Å². The number of nitrogens with one attached hydrogen (secondary N) is 1. The Morgan fingerprint density at radius 1 is 1.19 bits per heavy atom. The number of anilines is 1. The van der Waals surface area contributed by atoms with Crippen LogP contribution in [0.5, 0.6) is 5.75 Å². The zero-order valence-electron chi connectivity index (χ0n) is 14.0. The molecule has 9 heteroatoms. The Labute approximate surface area is 175 Å². The van der Waals surface area contributed by atoms with E-state index in [1.54, 1.807) is 23.7 Å². The number of ether oxygens (including phenoxy) is 1. The number of halogens is 2. The van der Waals surface area contributed by atoms with Crippen molar-refractivity contribution in [1.82, 2.24) is 10.2 Å². The van der Waals surface area contributed by atoms with Crippen LogP contribution in [0.2, 0.25) is 10.0 Å². The summed E-state index contributed by atoms with van der Waals surface area (Å²) >= 11 is 15.2. The molecule has 2 aromatic carbocycles. The van der Waals surface area contributed by atoms with Gasteiger partial charge in [0.05, 0.1) is 16.7 Å².